The second kappa shape index (κ2) is 7.94. The van der Waals surface area contributed by atoms with Crippen molar-refractivity contribution >= 4 is 38.0 Å². The maximum Gasteiger partial charge on any atom is 0.291 e. The predicted molar refractivity (Wildman–Crippen MR) is 117 cm³/mol. The van der Waals surface area contributed by atoms with Crippen molar-refractivity contribution < 1.29 is 17.2 Å². The molecule has 1 N–H and O–H groups in total. The maximum atomic E-state index is 13.2. The number of rotatable bonds is 6. The number of nitriles is 1. The van der Waals surface area contributed by atoms with E-state index in [9.17, 15) is 22.5 Å². The average Bonchev–Trinajstić information content (AvgIpc) is 3.19. The lowest BCUT2D eigenvalue weighted by Crippen LogP contribution is -2.44. The Kier molecular flexibility index (Phi) is 5.31. The number of fused-ring (bicyclic) bond motifs is 1. The molecule has 1 aliphatic carbocycles. The summed E-state index contributed by atoms with van der Waals surface area (Å²) in [6.45, 7) is 2.97. The van der Waals surface area contributed by atoms with Crippen LogP contribution in [0.1, 0.15) is 24.3 Å². The zero-order chi connectivity index (χ0) is 23.4. The Morgan fingerprint density at radius 2 is 1.94 bits per heavy atom. The lowest BCUT2D eigenvalue weighted by Gasteiger charge is -2.34. The van der Waals surface area contributed by atoms with Gasteiger partial charge in [-0.25, -0.2) is 21.9 Å². The Morgan fingerprint density at radius 3 is 2.55 bits per heavy atom. The van der Waals surface area contributed by atoms with Crippen LogP contribution < -0.4 is 9.62 Å². The molecule has 1 saturated heterocycles. The van der Waals surface area contributed by atoms with Gasteiger partial charge in [0, 0.05) is 37.3 Å². The van der Waals surface area contributed by atoms with Crippen molar-refractivity contribution in [2.24, 2.45) is 0 Å². The Morgan fingerprint density at radius 1 is 1.21 bits per heavy atom. The van der Waals surface area contributed by atoms with E-state index in [1.165, 1.54) is 10.7 Å². The van der Waals surface area contributed by atoms with E-state index in [0.717, 1.165) is 13.1 Å². The molecule has 2 aromatic heterocycles. The molecule has 1 aliphatic heterocycles. The molecule has 174 valence electrons. The van der Waals surface area contributed by atoms with Gasteiger partial charge >= 0.3 is 0 Å². The zero-order valence-corrected chi connectivity index (χ0v) is 19.2. The van der Waals surface area contributed by atoms with Gasteiger partial charge in [-0.05, 0) is 32.0 Å². The minimum absolute atomic E-state index is 0.0224. The number of benzene rings is 1. The van der Waals surface area contributed by atoms with Crippen molar-refractivity contribution in [2.45, 2.75) is 29.7 Å². The molecule has 5 rings (SSSR count). The topological polar surface area (TPSA) is 120 Å². The number of hydrogen-bond donors (Lipinski definition) is 1. The van der Waals surface area contributed by atoms with Crippen molar-refractivity contribution in [2.75, 3.05) is 38.1 Å². The summed E-state index contributed by atoms with van der Waals surface area (Å²) in [7, 11) is -2.00. The Labute approximate surface area is 192 Å². The molecule has 1 saturated carbocycles. The van der Waals surface area contributed by atoms with Crippen LogP contribution in [-0.4, -0.2) is 72.1 Å². The normalized spacial score (nSPS) is 18.7. The number of sulfonamides is 1. The average molecular weight is 495 g/mol. The van der Waals surface area contributed by atoms with Crippen molar-refractivity contribution in [1.29, 1.82) is 5.26 Å². The van der Waals surface area contributed by atoms with Crippen LogP contribution in [0.2, 0.25) is 0 Å². The summed E-state index contributed by atoms with van der Waals surface area (Å²) >= 11 is 0.692. The van der Waals surface area contributed by atoms with Crippen LogP contribution in [0.15, 0.2) is 23.2 Å². The smallest absolute Gasteiger partial charge is 0.291 e. The highest BCUT2D eigenvalue weighted by Gasteiger charge is 2.47. The minimum atomic E-state index is -4.02. The third-order valence-electron chi connectivity index (χ3n) is 5.89. The quantitative estimate of drug-likeness (QED) is 0.552. The summed E-state index contributed by atoms with van der Waals surface area (Å²) in [5, 5.41) is 21.3. The maximum absolute atomic E-state index is 13.2. The van der Waals surface area contributed by atoms with E-state index in [1.54, 1.807) is 12.3 Å². The van der Waals surface area contributed by atoms with Gasteiger partial charge in [-0.1, -0.05) is 11.3 Å². The Hall–Kier alpha value is -2.73. The van der Waals surface area contributed by atoms with Gasteiger partial charge in [0.1, 0.15) is 5.54 Å². The van der Waals surface area contributed by atoms with Crippen LogP contribution in [0.25, 0.3) is 16.0 Å². The number of aromatic nitrogens is 4. The molecule has 14 heteroatoms. The number of anilines is 1. The first-order valence-electron chi connectivity index (χ1n) is 10.2. The number of likely N-dealkylation sites (N-methyl/N-ethyl adjacent to an activating group) is 1. The number of nitrogens with zero attached hydrogens (tertiary/aromatic N) is 7. The standard InChI is InChI=1S/C19H20F2N8O2S2/c1-27-4-6-28(7-5-27)14-8-12(33(30,31)26-19(11-22)2-3-19)9-15-13(14)10-23-29(15)18-25-24-17(32-18)16(20)21/h8-10,16,26H,2-7H2,1H3. The van der Waals surface area contributed by atoms with Crippen LogP contribution >= 0.6 is 11.3 Å². The van der Waals surface area contributed by atoms with E-state index >= 15 is 0 Å². The molecule has 2 aliphatic rings. The number of nitrogens with one attached hydrogen (secondary N) is 1. The molecular formula is C19H20F2N8O2S2. The largest absolute Gasteiger partial charge is 0.368 e. The Balaban J connectivity index is 1.65. The number of halogens is 2. The van der Waals surface area contributed by atoms with Crippen LogP contribution in [0.4, 0.5) is 14.5 Å². The molecule has 0 atom stereocenters. The molecule has 2 fully saturated rings. The lowest BCUT2D eigenvalue weighted by atomic mass is 10.2. The molecule has 3 aromatic rings. The summed E-state index contributed by atoms with van der Waals surface area (Å²) in [6.07, 6.45) is -0.279. The second-order valence-corrected chi connectivity index (χ2v) is 10.9. The molecule has 0 spiro atoms. The molecule has 33 heavy (non-hydrogen) atoms. The lowest BCUT2D eigenvalue weighted by molar-refractivity contribution is 0.150. The highest BCUT2D eigenvalue weighted by atomic mass is 32.2. The molecule has 0 bridgehead atoms. The summed E-state index contributed by atoms with van der Waals surface area (Å²) in [6, 6.07) is 5.05. The molecule has 1 aromatic carbocycles. The Bertz CT molecular complexity index is 1350. The third-order valence-corrected chi connectivity index (χ3v) is 8.31. The van der Waals surface area contributed by atoms with Crippen molar-refractivity contribution in [1.82, 2.24) is 29.6 Å². The number of piperazine rings is 1. The number of hydrogen-bond acceptors (Lipinski definition) is 9. The van der Waals surface area contributed by atoms with Gasteiger partial charge in [0.2, 0.25) is 15.2 Å². The fourth-order valence-electron chi connectivity index (χ4n) is 3.78. The molecule has 0 radical (unpaired) electrons. The molecular weight excluding hydrogens is 474 g/mol. The van der Waals surface area contributed by atoms with Crippen LogP contribution in [-0.2, 0) is 10.0 Å². The molecule has 0 amide bonds. The molecule has 3 heterocycles. The van der Waals surface area contributed by atoms with Crippen molar-refractivity contribution in [3.63, 3.8) is 0 Å². The van der Waals surface area contributed by atoms with Crippen molar-refractivity contribution in [3.05, 3.63) is 23.3 Å². The third kappa shape index (κ3) is 4.05. The fourth-order valence-corrected chi connectivity index (χ4v) is 5.86. The first-order chi connectivity index (χ1) is 15.7. The van der Waals surface area contributed by atoms with Gasteiger partial charge in [-0.2, -0.15) is 15.1 Å². The van der Waals surface area contributed by atoms with Gasteiger partial charge in [0.25, 0.3) is 6.43 Å². The van der Waals surface area contributed by atoms with E-state index in [-0.39, 0.29) is 10.0 Å². The molecule has 10 nitrogen and oxygen atoms in total. The van der Waals surface area contributed by atoms with Crippen LogP contribution in [0, 0.1) is 11.3 Å². The summed E-state index contributed by atoms with van der Waals surface area (Å²) in [5.74, 6) is 0. The highest BCUT2D eigenvalue weighted by molar-refractivity contribution is 7.89. The van der Waals surface area contributed by atoms with Crippen molar-refractivity contribution in [3.8, 4) is 11.2 Å². The predicted octanol–water partition coefficient (Wildman–Crippen LogP) is 1.90. The summed E-state index contributed by atoms with van der Waals surface area (Å²) in [4.78, 5) is 4.23. The van der Waals surface area contributed by atoms with Gasteiger partial charge in [0.15, 0.2) is 5.01 Å². The fraction of sp³-hybridized carbons (Fsp3) is 0.474. The zero-order valence-electron chi connectivity index (χ0n) is 17.6. The van der Waals surface area contributed by atoms with E-state index in [4.69, 9.17) is 0 Å². The van der Waals surface area contributed by atoms with Gasteiger partial charge in [0.05, 0.1) is 22.7 Å². The minimum Gasteiger partial charge on any atom is -0.368 e. The van der Waals surface area contributed by atoms with E-state index in [1.807, 2.05) is 13.1 Å². The molecule has 0 unspecified atom stereocenters. The van der Waals surface area contributed by atoms with Crippen LogP contribution in [0.3, 0.4) is 0 Å². The number of alkyl halides is 2. The van der Waals surface area contributed by atoms with Gasteiger partial charge in [-0.3, -0.25) is 0 Å². The first kappa shape index (κ1) is 22.1. The van der Waals surface area contributed by atoms with E-state index in [0.29, 0.717) is 53.9 Å². The SMILES string of the molecule is CN1CCN(c2cc(S(=O)(=O)NC3(C#N)CC3)cc3c2cnn3-c2nnc(C(F)F)s2)CC1. The van der Waals surface area contributed by atoms with Gasteiger partial charge in [-0.15, -0.1) is 10.2 Å². The second-order valence-electron chi connectivity index (χ2n) is 8.24. The monoisotopic (exact) mass is 494 g/mol. The van der Waals surface area contributed by atoms with Crippen LogP contribution in [0.5, 0.6) is 0 Å². The van der Waals surface area contributed by atoms with E-state index in [2.05, 4.69) is 29.8 Å². The first-order valence-corrected chi connectivity index (χ1v) is 12.5. The van der Waals surface area contributed by atoms with E-state index < -0.39 is 27.0 Å². The summed E-state index contributed by atoms with van der Waals surface area (Å²) < 4.78 is 56.3. The highest BCUT2D eigenvalue weighted by Crippen LogP contribution is 2.38. The van der Waals surface area contributed by atoms with Gasteiger partial charge < -0.3 is 9.80 Å². The summed E-state index contributed by atoms with van der Waals surface area (Å²) in [5.41, 5.74) is 0.00570.